The number of urea groups is 1. The molecule has 1 spiro atoms. The third kappa shape index (κ3) is 3.90. The van der Waals surface area contributed by atoms with Crippen LogP contribution in [0.5, 0.6) is 0 Å². The summed E-state index contributed by atoms with van der Waals surface area (Å²) in [5.74, 6) is -0.581. The molecule has 1 aliphatic carbocycles. The van der Waals surface area contributed by atoms with Crippen molar-refractivity contribution in [3.05, 3.63) is 0 Å². The van der Waals surface area contributed by atoms with Crippen LogP contribution in [0, 0.1) is 5.92 Å². The van der Waals surface area contributed by atoms with E-state index in [4.69, 9.17) is 0 Å². The predicted molar refractivity (Wildman–Crippen MR) is 104 cm³/mol. The molecule has 0 bridgehead atoms. The maximum atomic E-state index is 13.1. The molecule has 158 valence electrons. The minimum atomic E-state index is -3.13. The predicted octanol–water partition coefficient (Wildman–Crippen LogP) is 1.30. The zero-order valence-electron chi connectivity index (χ0n) is 16.8. The first-order valence-electron chi connectivity index (χ1n) is 10.3. The van der Waals surface area contributed by atoms with Crippen molar-refractivity contribution in [1.82, 2.24) is 15.1 Å². The molecule has 3 rings (SSSR count). The second-order valence-electron chi connectivity index (χ2n) is 8.44. The SMILES string of the molecule is CCCCN(C(=O)CN1C(=O)NC2(CCCCC2C)C1=O)C1CCS(=O)(=O)C1. The molecule has 3 unspecified atom stereocenters. The molecule has 3 fully saturated rings. The van der Waals surface area contributed by atoms with E-state index >= 15 is 0 Å². The first-order chi connectivity index (χ1) is 13.2. The van der Waals surface area contributed by atoms with Gasteiger partial charge in [-0.1, -0.05) is 33.1 Å². The van der Waals surface area contributed by atoms with Crippen LogP contribution in [-0.4, -0.2) is 72.2 Å². The van der Waals surface area contributed by atoms with Crippen molar-refractivity contribution < 1.29 is 22.8 Å². The van der Waals surface area contributed by atoms with Crippen molar-refractivity contribution in [3.63, 3.8) is 0 Å². The van der Waals surface area contributed by atoms with E-state index in [1.165, 1.54) is 0 Å². The second-order valence-corrected chi connectivity index (χ2v) is 10.7. The molecule has 0 aromatic heterocycles. The van der Waals surface area contributed by atoms with Gasteiger partial charge in [0.25, 0.3) is 5.91 Å². The minimum Gasteiger partial charge on any atom is -0.337 e. The average molecular weight is 414 g/mol. The highest BCUT2D eigenvalue weighted by molar-refractivity contribution is 7.91. The third-order valence-corrected chi connectivity index (χ3v) is 8.27. The van der Waals surface area contributed by atoms with Crippen LogP contribution in [0.1, 0.15) is 58.8 Å². The fourth-order valence-electron chi connectivity index (χ4n) is 4.73. The highest BCUT2D eigenvalue weighted by Gasteiger charge is 2.55. The Hall–Kier alpha value is -1.64. The van der Waals surface area contributed by atoms with Crippen LogP contribution in [0.2, 0.25) is 0 Å². The van der Waals surface area contributed by atoms with Crippen molar-refractivity contribution in [3.8, 4) is 0 Å². The Morgan fingerprint density at radius 1 is 1.29 bits per heavy atom. The Bertz CT molecular complexity index is 753. The fourth-order valence-corrected chi connectivity index (χ4v) is 6.46. The summed E-state index contributed by atoms with van der Waals surface area (Å²) in [4.78, 5) is 41.2. The molecule has 1 saturated carbocycles. The number of imide groups is 1. The number of rotatable bonds is 6. The summed E-state index contributed by atoms with van der Waals surface area (Å²) in [5.41, 5.74) is -0.888. The first kappa shape index (κ1) is 21.1. The number of carbonyl (C=O) groups is 3. The van der Waals surface area contributed by atoms with E-state index < -0.39 is 21.4 Å². The van der Waals surface area contributed by atoms with Crippen molar-refractivity contribution in [2.75, 3.05) is 24.6 Å². The molecule has 4 amide bonds. The molecule has 3 atom stereocenters. The van der Waals surface area contributed by atoms with Gasteiger partial charge in [0.2, 0.25) is 5.91 Å². The molecule has 2 heterocycles. The molecule has 0 aromatic carbocycles. The van der Waals surface area contributed by atoms with E-state index in [1.54, 1.807) is 4.90 Å². The molecule has 28 heavy (non-hydrogen) atoms. The summed E-state index contributed by atoms with van der Waals surface area (Å²) >= 11 is 0. The molecule has 0 radical (unpaired) electrons. The van der Waals surface area contributed by atoms with Crippen LogP contribution >= 0.6 is 0 Å². The van der Waals surface area contributed by atoms with Gasteiger partial charge in [-0.2, -0.15) is 0 Å². The number of nitrogens with one attached hydrogen (secondary N) is 1. The van der Waals surface area contributed by atoms with Crippen molar-refractivity contribution in [2.45, 2.75) is 70.4 Å². The molecule has 3 aliphatic rings. The maximum absolute atomic E-state index is 13.1. The van der Waals surface area contributed by atoms with Crippen LogP contribution in [-0.2, 0) is 19.4 Å². The van der Waals surface area contributed by atoms with Gasteiger partial charge in [-0.05, 0) is 31.6 Å². The van der Waals surface area contributed by atoms with Gasteiger partial charge in [0.1, 0.15) is 12.1 Å². The summed E-state index contributed by atoms with van der Waals surface area (Å²) in [6, 6.07) is -0.881. The summed E-state index contributed by atoms with van der Waals surface area (Å²) < 4.78 is 23.7. The van der Waals surface area contributed by atoms with Gasteiger partial charge in [-0.25, -0.2) is 13.2 Å². The van der Waals surface area contributed by atoms with Crippen LogP contribution in [0.25, 0.3) is 0 Å². The summed E-state index contributed by atoms with van der Waals surface area (Å²) in [6.07, 6.45) is 5.42. The van der Waals surface area contributed by atoms with Gasteiger partial charge >= 0.3 is 6.03 Å². The van der Waals surface area contributed by atoms with Gasteiger partial charge in [0.05, 0.1) is 11.5 Å². The van der Waals surface area contributed by atoms with E-state index in [0.29, 0.717) is 19.4 Å². The lowest BCUT2D eigenvalue weighted by Crippen LogP contribution is -2.54. The van der Waals surface area contributed by atoms with Crippen LogP contribution in [0.4, 0.5) is 4.79 Å². The molecule has 0 aromatic rings. The van der Waals surface area contributed by atoms with E-state index in [1.807, 2.05) is 13.8 Å². The average Bonchev–Trinajstić information content (AvgIpc) is 3.10. The molecule has 9 heteroatoms. The Kier molecular flexibility index (Phi) is 6.03. The normalized spacial score (nSPS) is 32.0. The first-order valence-corrected chi connectivity index (χ1v) is 12.2. The van der Waals surface area contributed by atoms with E-state index in [0.717, 1.165) is 37.0 Å². The highest BCUT2D eigenvalue weighted by atomic mass is 32.2. The zero-order chi connectivity index (χ0) is 20.5. The van der Waals surface area contributed by atoms with Gasteiger partial charge in [0.15, 0.2) is 9.84 Å². The molecule has 2 aliphatic heterocycles. The van der Waals surface area contributed by atoms with Crippen LogP contribution in [0.3, 0.4) is 0 Å². The smallest absolute Gasteiger partial charge is 0.325 e. The van der Waals surface area contributed by atoms with Gasteiger partial charge < -0.3 is 10.2 Å². The number of unbranched alkanes of at least 4 members (excludes halogenated alkanes) is 1. The lowest BCUT2D eigenvalue weighted by molar-refractivity contribution is -0.141. The lowest BCUT2D eigenvalue weighted by atomic mass is 9.73. The molecule has 2 saturated heterocycles. The second kappa shape index (κ2) is 8.00. The summed E-state index contributed by atoms with van der Waals surface area (Å²) in [5, 5.41) is 2.86. The van der Waals surface area contributed by atoms with E-state index in [2.05, 4.69) is 5.32 Å². The summed E-state index contributed by atoms with van der Waals surface area (Å²) in [6.45, 7) is 4.10. The Balaban J connectivity index is 1.74. The van der Waals surface area contributed by atoms with Gasteiger partial charge in [0, 0.05) is 12.6 Å². The largest absolute Gasteiger partial charge is 0.337 e. The standard InChI is InChI=1S/C19H31N3O5S/c1-3-4-10-21(15-8-11-28(26,27)13-15)16(23)12-22-17(24)19(20-18(22)25)9-6-5-7-14(19)2/h14-15H,3-13H2,1-2H3,(H,20,25). The zero-order valence-corrected chi connectivity index (χ0v) is 17.6. The Labute approximate surface area is 166 Å². The van der Waals surface area contributed by atoms with Crippen molar-refractivity contribution in [1.29, 1.82) is 0 Å². The minimum absolute atomic E-state index is 0.0361. The van der Waals surface area contributed by atoms with Gasteiger partial charge in [-0.15, -0.1) is 0 Å². The molecule has 1 N–H and O–H groups in total. The quantitative estimate of drug-likeness (QED) is 0.661. The number of sulfone groups is 1. The number of amides is 4. The number of carbonyl (C=O) groups excluding carboxylic acids is 3. The third-order valence-electron chi connectivity index (χ3n) is 6.52. The number of hydrogen-bond acceptors (Lipinski definition) is 5. The van der Waals surface area contributed by atoms with Crippen molar-refractivity contribution >= 4 is 27.7 Å². The van der Waals surface area contributed by atoms with E-state index in [9.17, 15) is 22.8 Å². The Morgan fingerprint density at radius 3 is 2.64 bits per heavy atom. The van der Waals surface area contributed by atoms with Gasteiger partial charge in [-0.3, -0.25) is 14.5 Å². The topological polar surface area (TPSA) is 104 Å². The lowest BCUT2D eigenvalue weighted by Gasteiger charge is -2.37. The maximum Gasteiger partial charge on any atom is 0.325 e. The monoisotopic (exact) mass is 413 g/mol. The fraction of sp³-hybridized carbons (Fsp3) is 0.842. The Morgan fingerprint density at radius 2 is 2.04 bits per heavy atom. The summed E-state index contributed by atoms with van der Waals surface area (Å²) in [7, 11) is -3.13. The number of hydrogen-bond donors (Lipinski definition) is 1. The molecular formula is C19H31N3O5S. The van der Waals surface area contributed by atoms with E-state index in [-0.39, 0.29) is 41.8 Å². The molecule has 8 nitrogen and oxygen atoms in total. The van der Waals surface area contributed by atoms with Crippen LogP contribution < -0.4 is 5.32 Å². The molecular weight excluding hydrogens is 382 g/mol. The van der Waals surface area contributed by atoms with Crippen molar-refractivity contribution in [2.24, 2.45) is 5.92 Å². The number of nitrogens with zero attached hydrogens (tertiary/aromatic N) is 2. The highest BCUT2D eigenvalue weighted by Crippen LogP contribution is 2.38. The van der Waals surface area contributed by atoms with Crippen LogP contribution in [0.15, 0.2) is 0 Å².